The molecule has 3 heteroatoms. The summed E-state index contributed by atoms with van der Waals surface area (Å²) in [5.74, 6) is 6.95. The fourth-order valence-corrected chi connectivity index (χ4v) is 1.65. The molecule has 2 nitrogen and oxygen atoms in total. The third-order valence-corrected chi connectivity index (χ3v) is 2.47. The standard InChI is InChI=1S/C13H14O2S/c16-9-2-1-4-11-5-3-6-12(10-11)13-14-7-8-15-13/h3,5-6,10,13,16H,2,7-9H2. The number of hydrogen-bond acceptors (Lipinski definition) is 3. The van der Waals surface area contributed by atoms with Crippen LogP contribution in [-0.2, 0) is 9.47 Å². The lowest BCUT2D eigenvalue weighted by Gasteiger charge is -2.08. The predicted molar refractivity (Wildman–Crippen MR) is 66.4 cm³/mol. The average Bonchev–Trinajstić information content (AvgIpc) is 2.83. The van der Waals surface area contributed by atoms with Crippen LogP contribution in [0.5, 0.6) is 0 Å². The van der Waals surface area contributed by atoms with Crippen LogP contribution in [0, 0.1) is 11.8 Å². The first-order valence-electron chi connectivity index (χ1n) is 5.33. The summed E-state index contributed by atoms with van der Waals surface area (Å²) >= 11 is 4.12. The zero-order chi connectivity index (χ0) is 11.2. The van der Waals surface area contributed by atoms with Crippen molar-refractivity contribution in [2.45, 2.75) is 12.7 Å². The molecule has 0 spiro atoms. The Morgan fingerprint density at radius 1 is 1.31 bits per heavy atom. The van der Waals surface area contributed by atoms with Gasteiger partial charge < -0.3 is 9.47 Å². The first-order valence-corrected chi connectivity index (χ1v) is 5.96. The minimum absolute atomic E-state index is 0.216. The molecular weight excluding hydrogens is 220 g/mol. The third-order valence-electron chi connectivity index (χ3n) is 2.25. The van der Waals surface area contributed by atoms with Crippen LogP contribution in [0.1, 0.15) is 23.8 Å². The Labute approximate surface area is 101 Å². The Bertz CT molecular complexity index is 400. The molecule has 0 unspecified atom stereocenters. The molecule has 1 aliphatic rings. The molecule has 84 valence electrons. The van der Waals surface area contributed by atoms with Crippen LogP contribution in [0.25, 0.3) is 0 Å². The zero-order valence-electron chi connectivity index (χ0n) is 8.98. The second kappa shape index (κ2) is 5.95. The minimum Gasteiger partial charge on any atom is -0.346 e. The first-order chi connectivity index (χ1) is 7.90. The van der Waals surface area contributed by atoms with Crippen LogP contribution in [0.15, 0.2) is 24.3 Å². The molecule has 2 rings (SSSR count). The van der Waals surface area contributed by atoms with Gasteiger partial charge in [0.25, 0.3) is 0 Å². The SMILES string of the molecule is SCCC#Cc1cccc(C2OCCO2)c1. The molecule has 1 aromatic carbocycles. The Kier molecular flexibility index (Phi) is 4.29. The van der Waals surface area contributed by atoms with Crippen LogP contribution < -0.4 is 0 Å². The molecule has 1 heterocycles. The van der Waals surface area contributed by atoms with E-state index in [9.17, 15) is 0 Å². The summed E-state index contributed by atoms with van der Waals surface area (Å²) in [5, 5.41) is 0. The third kappa shape index (κ3) is 3.02. The summed E-state index contributed by atoms with van der Waals surface area (Å²) in [6.07, 6.45) is 0.593. The zero-order valence-corrected chi connectivity index (χ0v) is 9.87. The molecule has 0 aromatic heterocycles. The van der Waals surface area contributed by atoms with E-state index in [1.54, 1.807) is 0 Å². The van der Waals surface area contributed by atoms with Crippen molar-refractivity contribution in [1.29, 1.82) is 0 Å². The van der Waals surface area contributed by atoms with Crippen molar-refractivity contribution >= 4 is 12.6 Å². The summed E-state index contributed by atoms with van der Waals surface area (Å²) in [4.78, 5) is 0. The number of benzene rings is 1. The summed E-state index contributed by atoms with van der Waals surface area (Å²) < 4.78 is 10.9. The van der Waals surface area contributed by atoms with Crippen molar-refractivity contribution in [3.63, 3.8) is 0 Å². The van der Waals surface area contributed by atoms with E-state index < -0.39 is 0 Å². The van der Waals surface area contributed by atoms with Crippen molar-refractivity contribution in [2.75, 3.05) is 19.0 Å². The molecule has 1 aliphatic heterocycles. The van der Waals surface area contributed by atoms with Gasteiger partial charge in [-0.2, -0.15) is 12.6 Å². The van der Waals surface area contributed by atoms with Gasteiger partial charge in [-0.05, 0) is 12.1 Å². The van der Waals surface area contributed by atoms with E-state index in [0.29, 0.717) is 13.2 Å². The molecule has 0 N–H and O–H groups in total. The van der Waals surface area contributed by atoms with Gasteiger partial charge in [0.1, 0.15) is 0 Å². The molecule has 0 aliphatic carbocycles. The van der Waals surface area contributed by atoms with Crippen molar-refractivity contribution in [1.82, 2.24) is 0 Å². The molecule has 0 atom stereocenters. The Balaban J connectivity index is 2.10. The summed E-state index contributed by atoms with van der Waals surface area (Å²) in [7, 11) is 0. The summed E-state index contributed by atoms with van der Waals surface area (Å²) in [6.45, 7) is 1.33. The number of rotatable bonds is 2. The second-order valence-electron chi connectivity index (χ2n) is 3.47. The highest BCUT2D eigenvalue weighted by atomic mass is 32.1. The van der Waals surface area contributed by atoms with Crippen LogP contribution in [0.3, 0.4) is 0 Å². The molecule has 0 radical (unpaired) electrons. The van der Waals surface area contributed by atoms with E-state index >= 15 is 0 Å². The summed E-state index contributed by atoms with van der Waals surface area (Å²) in [6, 6.07) is 7.98. The fraction of sp³-hybridized carbons (Fsp3) is 0.385. The molecular formula is C13H14O2S. The van der Waals surface area contributed by atoms with Crippen molar-refractivity contribution < 1.29 is 9.47 Å². The molecule has 0 amide bonds. The molecule has 1 aromatic rings. The van der Waals surface area contributed by atoms with Gasteiger partial charge in [-0.1, -0.05) is 24.0 Å². The topological polar surface area (TPSA) is 18.5 Å². The maximum Gasteiger partial charge on any atom is 0.184 e. The van der Waals surface area contributed by atoms with Gasteiger partial charge in [-0.25, -0.2) is 0 Å². The van der Waals surface area contributed by atoms with Gasteiger partial charge in [-0.15, -0.1) is 0 Å². The minimum atomic E-state index is -0.216. The van der Waals surface area contributed by atoms with E-state index in [4.69, 9.17) is 9.47 Å². The summed E-state index contributed by atoms with van der Waals surface area (Å²) in [5.41, 5.74) is 2.04. The van der Waals surface area contributed by atoms with E-state index in [1.165, 1.54) is 0 Å². The maximum absolute atomic E-state index is 5.44. The number of hydrogen-bond donors (Lipinski definition) is 1. The average molecular weight is 234 g/mol. The highest BCUT2D eigenvalue weighted by Gasteiger charge is 2.17. The number of ether oxygens (including phenoxy) is 2. The monoisotopic (exact) mass is 234 g/mol. The van der Waals surface area contributed by atoms with Gasteiger partial charge in [0, 0.05) is 23.3 Å². The fourth-order valence-electron chi connectivity index (χ4n) is 1.53. The van der Waals surface area contributed by atoms with Crippen LogP contribution in [0.2, 0.25) is 0 Å². The Hall–Kier alpha value is -0.950. The lowest BCUT2D eigenvalue weighted by molar-refractivity contribution is -0.0441. The molecule has 0 bridgehead atoms. The van der Waals surface area contributed by atoms with Crippen molar-refractivity contribution in [3.8, 4) is 11.8 Å². The van der Waals surface area contributed by atoms with E-state index in [2.05, 4.69) is 24.5 Å². The predicted octanol–water partition coefficient (Wildman–Crippen LogP) is 2.40. The van der Waals surface area contributed by atoms with Crippen LogP contribution in [0.4, 0.5) is 0 Å². The van der Waals surface area contributed by atoms with Gasteiger partial charge >= 0.3 is 0 Å². The number of thiol groups is 1. The van der Waals surface area contributed by atoms with E-state index in [-0.39, 0.29) is 6.29 Å². The lowest BCUT2D eigenvalue weighted by atomic mass is 10.1. The lowest BCUT2D eigenvalue weighted by Crippen LogP contribution is -1.97. The second-order valence-corrected chi connectivity index (χ2v) is 3.92. The Morgan fingerprint density at radius 3 is 2.88 bits per heavy atom. The normalized spacial score (nSPS) is 15.8. The highest BCUT2D eigenvalue weighted by Crippen LogP contribution is 2.23. The van der Waals surface area contributed by atoms with E-state index in [0.717, 1.165) is 23.3 Å². The van der Waals surface area contributed by atoms with Crippen LogP contribution >= 0.6 is 12.6 Å². The van der Waals surface area contributed by atoms with Crippen molar-refractivity contribution in [2.24, 2.45) is 0 Å². The molecule has 1 saturated heterocycles. The molecule has 16 heavy (non-hydrogen) atoms. The van der Waals surface area contributed by atoms with Gasteiger partial charge in [0.05, 0.1) is 13.2 Å². The highest BCUT2D eigenvalue weighted by molar-refractivity contribution is 7.80. The smallest absolute Gasteiger partial charge is 0.184 e. The Morgan fingerprint density at radius 2 is 2.12 bits per heavy atom. The van der Waals surface area contributed by atoms with E-state index in [1.807, 2.05) is 24.3 Å². The maximum atomic E-state index is 5.44. The van der Waals surface area contributed by atoms with Gasteiger partial charge in [-0.3, -0.25) is 0 Å². The van der Waals surface area contributed by atoms with Gasteiger partial charge in [0.2, 0.25) is 0 Å². The van der Waals surface area contributed by atoms with Crippen molar-refractivity contribution in [3.05, 3.63) is 35.4 Å². The molecule has 0 saturated carbocycles. The quantitative estimate of drug-likeness (QED) is 0.625. The largest absolute Gasteiger partial charge is 0.346 e. The van der Waals surface area contributed by atoms with Gasteiger partial charge in [0.15, 0.2) is 6.29 Å². The molecule has 1 fully saturated rings. The first kappa shape index (κ1) is 11.5. The van der Waals surface area contributed by atoms with Crippen LogP contribution in [-0.4, -0.2) is 19.0 Å².